The van der Waals surface area contributed by atoms with E-state index in [0.29, 0.717) is 0 Å². The molecule has 1 aromatic carbocycles. The number of rotatable bonds is 2. The second-order valence-electron chi connectivity index (χ2n) is 2.29. The highest BCUT2D eigenvalue weighted by Crippen LogP contribution is 2.13. The van der Waals surface area contributed by atoms with Crippen LogP contribution in [0.5, 0.6) is 0 Å². The quantitative estimate of drug-likeness (QED) is 0.544. The van der Waals surface area contributed by atoms with Crippen molar-refractivity contribution in [3.8, 4) is 0 Å². The van der Waals surface area contributed by atoms with E-state index < -0.39 is 0 Å². The van der Waals surface area contributed by atoms with Gasteiger partial charge < -0.3 is 4.90 Å². The van der Waals surface area contributed by atoms with Crippen molar-refractivity contribution in [2.24, 2.45) is 0 Å². The van der Waals surface area contributed by atoms with E-state index >= 15 is 0 Å². The number of nitrogens with zero attached hydrogens (tertiary/aromatic N) is 1. The molecule has 0 fully saturated rings. The van der Waals surface area contributed by atoms with Gasteiger partial charge in [-0.2, -0.15) is 0 Å². The van der Waals surface area contributed by atoms with Crippen LogP contribution in [0.25, 0.3) is 0 Å². The first-order valence-electron chi connectivity index (χ1n) is 3.26. The largest absolute Gasteiger partial charge is 0.365 e. The summed E-state index contributed by atoms with van der Waals surface area (Å²) in [6, 6.07) is 6.40. The third-order valence-electron chi connectivity index (χ3n) is 1.45. The second-order valence-corrected chi connectivity index (χ2v) is 2.80. The van der Waals surface area contributed by atoms with Crippen LogP contribution in [0.4, 0.5) is 10.1 Å². The average Bonchev–Trinajstić information content (AvgIpc) is 2.05. The first-order chi connectivity index (χ1) is 5.24. The van der Waals surface area contributed by atoms with Crippen LogP contribution in [0.1, 0.15) is 0 Å². The van der Waals surface area contributed by atoms with Gasteiger partial charge in [0.2, 0.25) is 0 Å². The van der Waals surface area contributed by atoms with Crippen LogP contribution in [0.3, 0.4) is 0 Å². The Morgan fingerprint density at radius 1 is 1.36 bits per heavy atom. The molecule has 0 spiro atoms. The van der Waals surface area contributed by atoms with Crippen molar-refractivity contribution in [1.82, 2.24) is 0 Å². The summed E-state index contributed by atoms with van der Waals surface area (Å²) in [6.07, 6.45) is 0. The van der Waals surface area contributed by atoms with E-state index in [9.17, 15) is 4.39 Å². The van der Waals surface area contributed by atoms with Gasteiger partial charge in [-0.05, 0) is 24.3 Å². The highest BCUT2D eigenvalue weighted by Gasteiger charge is 1.96. The maximum Gasteiger partial charge on any atom is 0.123 e. The molecule has 0 radical (unpaired) electrons. The van der Waals surface area contributed by atoms with Crippen molar-refractivity contribution in [2.45, 2.75) is 0 Å². The summed E-state index contributed by atoms with van der Waals surface area (Å²) in [5, 5.41) is 0. The fraction of sp³-hybridized carbons (Fsp3) is 0.250. The van der Waals surface area contributed by atoms with Crippen molar-refractivity contribution in [1.29, 1.82) is 0 Å². The highest BCUT2D eigenvalue weighted by molar-refractivity contribution is 9.09. The van der Waals surface area contributed by atoms with Gasteiger partial charge in [-0.15, -0.1) is 0 Å². The summed E-state index contributed by atoms with van der Waals surface area (Å²) in [5.74, 6) is -0.197. The number of anilines is 1. The van der Waals surface area contributed by atoms with E-state index in [2.05, 4.69) is 15.9 Å². The van der Waals surface area contributed by atoms with Crippen molar-refractivity contribution in [3.63, 3.8) is 0 Å². The molecular weight excluding hydrogens is 209 g/mol. The fourth-order valence-electron chi connectivity index (χ4n) is 0.765. The van der Waals surface area contributed by atoms with E-state index in [0.717, 1.165) is 11.1 Å². The molecule has 0 aromatic heterocycles. The van der Waals surface area contributed by atoms with Gasteiger partial charge in [-0.3, -0.25) is 0 Å². The molecule has 0 unspecified atom stereocenters. The lowest BCUT2D eigenvalue weighted by atomic mass is 10.3. The lowest BCUT2D eigenvalue weighted by molar-refractivity contribution is 0.628. The summed E-state index contributed by atoms with van der Waals surface area (Å²) in [4.78, 5) is 1.97. The minimum atomic E-state index is -0.197. The maximum atomic E-state index is 12.4. The Labute approximate surface area is 74.0 Å². The van der Waals surface area contributed by atoms with Crippen LogP contribution in [0, 0.1) is 5.82 Å². The summed E-state index contributed by atoms with van der Waals surface area (Å²) in [7, 11) is 1.93. The average molecular weight is 218 g/mol. The number of benzene rings is 1. The third-order valence-corrected chi connectivity index (χ3v) is 2.20. The van der Waals surface area contributed by atoms with Crippen LogP contribution in [-0.2, 0) is 0 Å². The minimum Gasteiger partial charge on any atom is -0.365 e. The van der Waals surface area contributed by atoms with Gasteiger partial charge in [0.05, 0.1) is 5.45 Å². The Morgan fingerprint density at radius 2 is 1.91 bits per heavy atom. The highest BCUT2D eigenvalue weighted by atomic mass is 79.9. The Morgan fingerprint density at radius 3 is 2.36 bits per heavy atom. The van der Waals surface area contributed by atoms with E-state index in [1.165, 1.54) is 12.1 Å². The Balaban J connectivity index is 2.81. The summed E-state index contributed by atoms with van der Waals surface area (Å²) < 4.78 is 12.4. The van der Waals surface area contributed by atoms with Crippen molar-refractivity contribution >= 4 is 21.6 Å². The smallest absolute Gasteiger partial charge is 0.123 e. The van der Waals surface area contributed by atoms with E-state index in [1.807, 2.05) is 11.9 Å². The van der Waals surface area contributed by atoms with Crippen molar-refractivity contribution in [2.75, 3.05) is 17.4 Å². The molecule has 0 amide bonds. The molecule has 0 heterocycles. The van der Waals surface area contributed by atoms with Gasteiger partial charge in [0.25, 0.3) is 0 Å². The van der Waals surface area contributed by atoms with Gasteiger partial charge >= 0.3 is 0 Å². The first kappa shape index (κ1) is 8.53. The van der Waals surface area contributed by atoms with Crippen molar-refractivity contribution < 1.29 is 4.39 Å². The minimum absolute atomic E-state index is 0.197. The molecule has 0 saturated heterocycles. The van der Waals surface area contributed by atoms with Crippen LogP contribution < -0.4 is 4.90 Å². The molecule has 0 atom stereocenters. The molecule has 0 bridgehead atoms. The van der Waals surface area contributed by atoms with Gasteiger partial charge in [-0.25, -0.2) is 4.39 Å². The normalized spacial score (nSPS) is 9.73. The zero-order valence-electron chi connectivity index (χ0n) is 6.22. The number of hydrogen-bond acceptors (Lipinski definition) is 1. The molecule has 1 nitrogen and oxygen atoms in total. The molecule has 0 aliphatic rings. The molecule has 60 valence electrons. The standard InChI is InChI=1S/C8H9BrFN/c1-11(6-9)8-4-2-7(10)3-5-8/h2-5H,6H2,1H3. The van der Waals surface area contributed by atoms with E-state index in [-0.39, 0.29) is 5.82 Å². The predicted molar refractivity (Wildman–Crippen MR) is 48.6 cm³/mol. The molecule has 0 aliphatic carbocycles. The lowest BCUT2D eigenvalue weighted by Gasteiger charge is -2.14. The molecule has 1 aromatic rings. The fourth-order valence-corrected chi connectivity index (χ4v) is 1.05. The summed E-state index contributed by atoms with van der Waals surface area (Å²) in [6.45, 7) is 0. The van der Waals surface area contributed by atoms with Gasteiger partial charge in [0.1, 0.15) is 5.82 Å². The summed E-state index contributed by atoms with van der Waals surface area (Å²) in [5.41, 5.74) is 1.75. The predicted octanol–water partition coefficient (Wildman–Crippen LogP) is 2.61. The van der Waals surface area contributed by atoms with Crippen LogP contribution in [0.2, 0.25) is 0 Å². The van der Waals surface area contributed by atoms with Gasteiger partial charge in [0, 0.05) is 12.7 Å². The summed E-state index contributed by atoms with van der Waals surface area (Å²) >= 11 is 3.30. The van der Waals surface area contributed by atoms with Gasteiger partial charge in [0.15, 0.2) is 0 Å². The first-order valence-corrected chi connectivity index (χ1v) is 4.39. The Kier molecular flexibility index (Phi) is 2.88. The molecule has 1 rings (SSSR count). The molecular formula is C8H9BrFN. The lowest BCUT2D eigenvalue weighted by Crippen LogP contribution is -2.13. The monoisotopic (exact) mass is 217 g/mol. The second kappa shape index (κ2) is 3.72. The van der Waals surface area contributed by atoms with E-state index in [1.54, 1.807) is 12.1 Å². The zero-order valence-corrected chi connectivity index (χ0v) is 7.81. The van der Waals surface area contributed by atoms with Crippen LogP contribution >= 0.6 is 15.9 Å². The maximum absolute atomic E-state index is 12.4. The third kappa shape index (κ3) is 2.19. The number of alkyl halides is 1. The van der Waals surface area contributed by atoms with Crippen LogP contribution in [0.15, 0.2) is 24.3 Å². The zero-order chi connectivity index (χ0) is 8.27. The molecule has 11 heavy (non-hydrogen) atoms. The Hall–Kier alpha value is -0.570. The molecule has 3 heteroatoms. The Bertz CT molecular complexity index is 222. The molecule has 0 saturated carbocycles. The van der Waals surface area contributed by atoms with Gasteiger partial charge in [-0.1, -0.05) is 15.9 Å². The number of hydrogen-bond donors (Lipinski definition) is 0. The number of halogens is 2. The van der Waals surface area contributed by atoms with E-state index in [4.69, 9.17) is 0 Å². The van der Waals surface area contributed by atoms with Crippen LogP contribution in [-0.4, -0.2) is 12.5 Å². The SMILES string of the molecule is CN(CBr)c1ccc(F)cc1. The topological polar surface area (TPSA) is 3.24 Å². The van der Waals surface area contributed by atoms with Crippen molar-refractivity contribution in [3.05, 3.63) is 30.1 Å². The molecule has 0 N–H and O–H groups in total. The molecule has 0 aliphatic heterocycles.